The molecular formula is C23H23N5O. The molecule has 0 spiro atoms. The molecule has 1 atom stereocenters. The molecule has 3 heterocycles. The van der Waals surface area contributed by atoms with Crippen LogP contribution in [0.15, 0.2) is 66.9 Å². The van der Waals surface area contributed by atoms with Crippen LogP contribution >= 0.6 is 0 Å². The molecule has 2 aromatic heterocycles. The Labute approximate surface area is 169 Å². The van der Waals surface area contributed by atoms with Gasteiger partial charge in [0.15, 0.2) is 0 Å². The third kappa shape index (κ3) is 3.54. The Hall–Kier alpha value is -3.38. The summed E-state index contributed by atoms with van der Waals surface area (Å²) >= 11 is 0. The average Bonchev–Trinajstić information content (AvgIpc) is 3.44. The third-order valence-electron chi connectivity index (χ3n) is 5.44. The van der Waals surface area contributed by atoms with E-state index in [1.165, 1.54) is 0 Å². The fourth-order valence-corrected chi connectivity index (χ4v) is 3.82. The van der Waals surface area contributed by atoms with Crippen LogP contribution in [0, 0.1) is 0 Å². The number of likely N-dealkylation sites (N-methyl/N-ethyl adjacent to an activating group) is 1. The highest BCUT2D eigenvalue weighted by Crippen LogP contribution is 2.32. The summed E-state index contributed by atoms with van der Waals surface area (Å²) in [6, 6.07) is 20.5. The van der Waals surface area contributed by atoms with E-state index in [-0.39, 0.29) is 0 Å². The molecule has 0 bridgehead atoms. The van der Waals surface area contributed by atoms with Crippen molar-refractivity contribution in [3.63, 3.8) is 0 Å². The predicted octanol–water partition coefficient (Wildman–Crippen LogP) is 4.22. The van der Waals surface area contributed by atoms with Crippen LogP contribution in [0.2, 0.25) is 0 Å². The third-order valence-corrected chi connectivity index (χ3v) is 5.44. The van der Waals surface area contributed by atoms with Gasteiger partial charge in [-0.05, 0) is 55.9 Å². The standard InChI is InChI=1S/C23H23N5O/c1-24-18-11-12-28(15-18)21-13-17-14-25-27-23(17)22(26-21)16-7-9-20(10-8-16)29-19-5-3-2-4-6-19/h2-10,13-14,18,24H,11-12,15H2,1H3,(H,25,27). The number of pyridine rings is 1. The van der Waals surface area contributed by atoms with E-state index >= 15 is 0 Å². The molecule has 0 radical (unpaired) electrons. The van der Waals surface area contributed by atoms with Crippen molar-refractivity contribution < 1.29 is 4.74 Å². The number of H-pyrrole nitrogens is 1. The Morgan fingerprint density at radius 3 is 2.62 bits per heavy atom. The minimum absolute atomic E-state index is 0.509. The number of fused-ring (bicyclic) bond motifs is 1. The zero-order valence-corrected chi connectivity index (χ0v) is 16.3. The van der Waals surface area contributed by atoms with Crippen LogP contribution in [0.1, 0.15) is 6.42 Å². The summed E-state index contributed by atoms with van der Waals surface area (Å²) in [4.78, 5) is 7.33. The molecule has 4 aromatic rings. The summed E-state index contributed by atoms with van der Waals surface area (Å²) in [5.74, 6) is 2.62. The van der Waals surface area contributed by atoms with E-state index in [2.05, 4.69) is 26.5 Å². The quantitative estimate of drug-likeness (QED) is 0.539. The van der Waals surface area contributed by atoms with Crippen LogP contribution in [-0.2, 0) is 0 Å². The predicted molar refractivity (Wildman–Crippen MR) is 116 cm³/mol. The van der Waals surface area contributed by atoms with Crippen molar-refractivity contribution in [1.29, 1.82) is 0 Å². The minimum atomic E-state index is 0.509. The first-order valence-electron chi connectivity index (χ1n) is 9.90. The van der Waals surface area contributed by atoms with Crippen LogP contribution in [0.25, 0.3) is 22.2 Å². The molecule has 29 heavy (non-hydrogen) atoms. The van der Waals surface area contributed by atoms with Gasteiger partial charge in [0.2, 0.25) is 0 Å². The highest BCUT2D eigenvalue weighted by Gasteiger charge is 2.23. The number of anilines is 1. The Morgan fingerprint density at radius 1 is 1.07 bits per heavy atom. The number of hydrogen-bond donors (Lipinski definition) is 2. The smallest absolute Gasteiger partial charge is 0.130 e. The van der Waals surface area contributed by atoms with E-state index in [0.29, 0.717) is 6.04 Å². The van der Waals surface area contributed by atoms with Gasteiger partial charge in [0.25, 0.3) is 0 Å². The summed E-state index contributed by atoms with van der Waals surface area (Å²) in [5, 5.41) is 11.8. The summed E-state index contributed by atoms with van der Waals surface area (Å²) < 4.78 is 5.92. The Balaban J connectivity index is 1.47. The van der Waals surface area contributed by atoms with Gasteiger partial charge >= 0.3 is 0 Å². The number of rotatable bonds is 5. The van der Waals surface area contributed by atoms with Gasteiger partial charge in [-0.2, -0.15) is 5.10 Å². The highest BCUT2D eigenvalue weighted by molar-refractivity contribution is 5.93. The van der Waals surface area contributed by atoms with Crippen molar-refractivity contribution in [2.75, 3.05) is 25.0 Å². The van der Waals surface area contributed by atoms with E-state index in [9.17, 15) is 0 Å². The van der Waals surface area contributed by atoms with Gasteiger partial charge in [-0.1, -0.05) is 18.2 Å². The number of benzene rings is 2. The zero-order chi connectivity index (χ0) is 19.6. The molecular weight excluding hydrogens is 362 g/mol. The van der Waals surface area contributed by atoms with Gasteiger partial charge in [0.1, 0.15) is 17.3 Å². The number of ether oxygens (including phenoxy) is 1. The summed E-state index contributed by atoms with van der Waals surface area (Å²) in [6.07, 6.45) is 2.99. The maximum absolute atomic E-state index is 5.92. The first-order chi connectivity index (χ1) is 14.3. The van der Waals surface area contributed by atoms with E-state index < -0.39 is 0 Å². The fraction of sp³-hybridized carbons (Fsp3) is 0.217. The molecule has 6 heteroatoms. The lowest BCUT2D eigenvalue weighted by atomic mass is 10.1. The van der Waals surface area contributed by atoms with E-state index in [1.54, 1.807) is 0 Å². The largest absolute Gasteiger partial charge is 0.457 e. The van der Waals surface area contributed by atoms with E-state index in [0.717, 1.165) is 59.0 Å². The number of para-hydroxylation sites is 1. The molecule has 6 nitrogen and oxygen atoms in total. The zero-order valence-electron chi connectivity index (χ0n) is 16.3. The van der Waals surface area contributed by atoms with Gasteiger partial charge in [0, 0.05) is 30.1 Å². The van der Waals surface area contributed by atoms with Crippen molar-refractivity contribution in [3.8, 4) is 22.8 Å². The van der Waals surface area contributed by atoms with E-state index in [4.69, 9.17) is 9.72 Å². The molecule has 1 aliphatic heterocycles. The van der Waals surface area contributed by atoms with Crippen molar-refractivity contribution in [2.24, 2.45) is 0 Å². The summed E-state index contributed by atoms with van der Waals surface area (Å²) in [6.45, 7) is 1.97. The lowest BCUT2D eigenvalue weighted by Gasteiger charge is -2.19. The summed E-state index contributed by atoms with van der Waals surface area (Å²) in [5.41, 5.74) is 2.90. The maximum Gasteiger partial charge on any atom is 0.130 e. The molecule has 2 aromatic carbocycles. The molecule has 1 fully saturated rings. The van der Waals surface area contributed by atoms with Gasteiger partial charge in [-0.3, -0.25) is 5.10 Å². The second-order valence-corrected chi connectivity index (χ2v) is 7.32. The first-order valence-corrected chi connectivity index (χ1v) is 9.90. The Bertz CT molecular complexity index is 1110. The molecule has 0 aliphatic carbocycles. The molecule has 146 valence electrons. The average molecular weight is 385 g/mol. The Morgan fingerprint density at radius 2 is 1.86 bits per heavy atom. The van der Waals surface area contributed by atoms with Gasteiger partial charge in [-0.15, -0.1) is 0 Å². The number of nitrogens with one attached hydrogen (secondary N) is 2. The number of aromatic amines is 1. The van der Waals surface area contributed by atoms with Crippen LogP contribution in [0.4, 0.5) is 5.82 Å². The molecule has 1 saturated heterocycles. The van der Waals surface area contributed by atoms with Crippen molar-refractivity contribution in [3.05, 3.63) is 66.9 Å². The summed E-state index contributed by atoms with van der Waals surface area (Å²) in [7, 11) is 2.02. The lowest BCUT2D eigenvalue weighted by Crippen LogP contribution is -2.29. The monoisotopic (exact) mass is 385 g/mol. The van der Waals surface area contributed by atoms with E-state index in [1.807, 2.05) is 67.8 Å². The first kappa shape index (κ1) is 17.7. The normalized spacial score (nSPS) is 16.4. The van der Waals surface area contributed by atoms with Crippen LogP contribution in [0.3, 0.4) is 0 Å². The van der Waals surface area contributed by atoms with Crippen LogP contribution < -0.4 is 15.0 Å². The van der Waals surface area contributed by atoms with Crippen molar-refractivity contribution in [1.82, 2.24) is 20.5 Å². The molecule has 0 saturated carbocycles. The molecule has 1 aliphatic rings. The van der Waals surface area contributed by atoms with Gasteiger partial charge in [0.05, 0.1) is 17.4 Å². The topological polar surface area (TPSA) is 66.1 Å². The van der Waals surface area contributed by atoms with Crippen LogP contribution in [0.5, 0.6) is 11.5 Å². The van der Waals surface area contributed by atoms with Crippen molar-refractivity contribution >= 4 is 16.7 Å². The molecule has 2 N–H and O–H groups in total. The second kappa shape index (κ2) is 7.56. The highest BCUT2D eigenvalue weighted by atomic mass is 16.5. The number of nitrogens with zero attached hydrogens (tertiary/aromatic N) is 3. The lowest BCUT2D eigenvalue weighted by molar-refractivity contribution is 0.483. The number of hydrogen-bond acceptors (Lipinski definition) is 5. The SMILES string of the molecule is CNC1CCN(c2cc3cn[nH]c3c(-c3ccc(Oc4ccccc4)cc3)n2)C1. The molecule has 0 amide bonds. The van der Waals surface area contributed by atoms with Crippen molar-refractivity contribution in [2.45, 2.75) is 12.5 Å². The van der Waals surface area contributed by atoms with Gasteiger partial charge in [-0.25, -0.2) is 4.98 Å². The maximum atomic E-state index is 5.92. The second-order valence-electron chi connectivity index (χ2n) is 7.32. The number of aromatic nitrogens is 3. The Kier molecular flexibility index (Phi) is 4.62. The van der Waals surface area contributed by atoms with Crippen LogP contribution in [-0.4, -0.2) is 41.4 Å². The molecule has 1 unspecified atom stereocenters. The van der Waals surface area contributed by atoms with Gasteiger partial charge < -0.3 is 15.0 Å². The minimum Gasteiger partial charge on any atom is -0.457 e. The fourth-order valence-electron chi connectivity index (χ4n) is 3.82. The molecule has 5 rings (SSSR count).